The minimum atomic E-state index is -0.316. The van der Waals surface area contributed by atoms with Crippen molar-refractivity contribution in [1.29, 1.82) is 0 Å². The quantitative estimate of drug-likeness (QED) is 0.508. The second-order valence-electron chi connectivity index (χ2n) is 7.59. The molecular weight excluding hydrogens is 406 g/mol. The van der Waals surface area contributed by atoms with Crippen molar-refractivity contribution in [3.63, 3.8) is 0 Å². The van der Waals surface area contributed by atoms with E-state index in [9.17, 15) is 4.79 Å². The molecule has 0 saturated carbocycles. The van der Waals surface area contributed by atoms with Crippen molar-refractivity contribution in [3.05, 3.63) is 66.0 Å². The summed E-state index contributed by atoms with van der Waals surface area (Å²) in [5, 5.41) is 10.3. The Kier molecular flexibility index (Phi) is 7.04. The largest absolute Gasteiger partial charge is 0.372 e. The second-order valence-corrected chi connectivity index (χ2v) is 8.90. The number of piperidine rings is 1. The molecule has 1 fully saturated rings. The summed E-state index contributed by atoms with van der Waals surface area (Å²) in [6, 6.07) is 18.1. The Morgan fingerprint density at radius 3 is 2.55 bits per heavy atom. The first-order chi connectivity index (χ1) is 15.2. The highest BCUT2D eigenvalue weighted by molar-refractivity contribution is 8.00. The third-order valence-corrected chi connectivity index (χ3v) is 6.18. The molecule has 1 aliphatic heterocycles. The lowest BCUT2D eigenvalue weighted by Gasteiger charge is -2.28. The molecule has 1 amide bonds. The lowest BCUT2D eigenvalue weighted by Crippen LogP contribution is -2.29. The maximum Gasteiger partial charge on any atom is 0.237 e. The highest BCUT2D eigenvalue weighted by Crippen LogP contribution is 2.24. The van der Waals surface area contributed by atoms with Gasteiger partial charge in [0, 0.05) is 24.5 Å². The molecular formula is C24H27N5OS. The zero-order valence-electron chi connectivity index (χ0n) is 17.6. The van der Waals surface area contributed by atoms with E-state index in [1.54, 1.807) is 0 Å². The van der Waals surface area contributed by atoms with Gasteiger partial charge in [-0.3, -0.25) is 9.89 Å². The van der Waals surface area contributed by atoms with Gasteiger partial charge in [-0.15, -0.1) is 5.10 Å². The predicted octanol–water partition coefficient (Wildman–Crippen LogP) is 5.08. The van der Waals surface area contributed by atoms with E-state index >= 15 is 0 Å². The van der Waals surface area contributed by atoms with Gasteiger partial charge in [-0.05, 0) is 62.1 Å². The molecule has 0 bridgehead atoms. The summed E-state index contributed by atoms with van der Waals surface area (Å²) in [5.74, 6) is 0.592. The molecule has 2 aromatic carbocycles. The van der Waals surface area contributed by atoms with Gasteiger partial charge in [0.1, 0.15) is 5.82 Å². The average Bonchev–Trinajstić information content (AvgIpc) is 3.26. The molecule has 2 heterocycles. The van der Waals surface area contributed by atoms with Crippen molar-refractivity contribution in [2.75, 3.05) is 23.3 Å². The number of hydrogen-bond donors (Lipinski definition) is 2. The molecule has 1 atom stereocenters. The predicted molar refractivity (Wildman–Crippen MR) is 128 cm³/mol. The van der Waals surface area contributed by atoms with Crippen LogP contribution in [-0.2, 0) is 4.79 Å². The Morgan fingerprint density at radius 2 is 1.81 bits per heavy atom. The van der Waals surface area contributed by atoms with Gasteiger partial charge in [0.2, 0.25) is 11.1 Å². The summed E-state index contributed by atoms with van der Waals surface area (Å²) in [4.78, 5) is 19.4. The third kappa shape index (κ3) is 5.98. The molecule has 1 saturated heterocycles. The van der Waals surface area contributed by atoms with Crippen molar-refractivity contribution in [2.24, 2.45) is 0 Å². The van der Waals surface area contributed by atoms with Crippen LogP contribution in [0, 0.1) is 0 Å². The van der Waals surface area contributed by atoms with Gasteiger partial charge in [0.25, 0.3) is 0 Å². The number of nitrogens with one attached hydrogen (secondary N) is 2. The number of carbonyl (C=O) groups is 1. The number of aromatic nitrogens is 3. The molecule has 160 valence electrons. The molecule has 3 aromatic rings. The van der Waals surface area contributed by atoms with E-state index in [0.29, 0.717) is 11.0 Å². The highest BCUT2D eigenvalue weighted by Gasteiger charge is 2.17. The minimum absolute atomic E-state index is 0.0677. The van der Waals surface area contributed by atoms with Gasteiger partial charge in [-0.1, -0.05) is 48.2 Å². The van der Waals surface area contributed by atoms with Crippen molar-refractivity contribution < 1.29 is 4.79 Å². The number of aromatic amines is 1. The summed E-state index contributed by atoms with van der Waals surface area (Å²) in [7, 11) is 0. The summed E-state index contributed by atoms with van der Waals surface area (Å²) >= 11 is 1.33. The van der Waals surface area contributed by atoms with E-state index in [4.69, 9.17) is 0 Å². The van der Waals surface area contributed by atoms with Crippen LogP contribution >= 0.6 is 11.8 Å². The van der Waals surface area contributed by atoms with E-state index in [0.717, 1.165) is 24.3 Å². The zero-order chi connectivity index (χ0) is 21.5. The number of thioether (sulfide) groups is 1. The van der Waals surface area contributed by atoms with Crippen molar-refractivity contribution in [3.8, 4) is 0 Å². The van der Waals surface area contributed by atoms with Crippen molar-refractivity contribution in [1.82, 2.24) is 15.2 Å². The minimum Gasteiger partial charge on any atom is -0.372 e. The molecule has 0 radical (unpaired) electrons. The first-order valence-electron chi connectivity index (χ1n) is 10.7. The molecule has 6 nitrogen and oxygen atoms in total. The van der Waals surface area contributed by atoms with E-state index in [1.165, 1.54) is 36.7 Å². The molecule has 0 aliphatic carbocycles. The Hall–Kier alpha value is -3.06. The van der Waals surface area contributed by atoms with Crippen molar-refractivity contribution >= 4 is 41.2 Å². The number of rotatable bonds is 7. The molecule has 1 aliphatic rings. The fraction of sp³-hybridized carbons (Fsp3) is 0.292. The zero-order valence-corrected chi connectivity index (χ0v) is 18.4. The highest BCUT2D eigenvalue weighted by atomic mass is 32.2. The lowest BCUT2D eigenvalue weighted by atomic mass is 10.1. The molecule has 31 heavy (non-hydrogen) atoms. The van der Waals surface area contributed by atoms with E-state index in [2.05, 4.69) is 37.5 Å². The van der Waals surface area contributed by atoms with Gasteiger partial charge >= 0.3 is 0 Å². The average molecular weight is 434 g/mol. The number of carbonyl (C=O) groups excluding carboxylic acids is 1. The van der Waals surface area contributed by atoms with Crippen LogP contribution in [0.5, 0.6) is 0 Å². The fourth-order valence-corrected chi connectivity index (χ4v) is 4.22. The molecule has 1 aromatic heterocycles. The van der Waals surface area contributed by atoms with Crippen LogP contribution in [0.3, 0.4) is 0 Å². The Labute approximate surface area is 187 Å². The van der Waals surface area contributed by atoms with Crippen LogP contribution in [0.25, 0.3) is 12.2 Å². The first-order valence-corrected chi connectivity index (χ1v) is 11.5. The topological polar surface area (TPSA) is 73.9 Å². The number of amides is 1. The molecule has 4 rings (SSSR count). The maximum absolute atomic E-state index is 12.6. The fourth-order valence-electron chi connectivity index (χ4n) is 3.49. The standard InChI is InChI=1S/C24H27N5OS/c1-18(31-24-26-22(27-28-24)15-10-19-8-4-2-5-9-19)23(30)25-20-11-13-21(14-12-20)29-16-6-3-7-17-29/h2,4-5,8-15,18H,3,6-7,16-17H2,1H3,(H,25,30)(H,26,27,28)/b15-10+. The maximum atomic E-state index is 12.6. The smallest absolute Gasteiger partial charge is 0.237 e. The Morgan fingerprint density at radius 1 is 1.06 bits per heavy atom. The Bertz CT molecular complexity index is 1010. The number of hydrogen-bond acceptors (Lipinski definition) is 5. The molecule has 7 heteroatoms. The molecule has 0 spiro atoms. The SMILES string of the molecule is CC(Sc1n[nH]c(/C=C/c2ccccc2)n1)C(=O)Nc1ccc(N2CCCCC2)cc1. The van der Waals surface area contributed by atoms with E-state index in [1.807, 2.05) is 61.5 Å². The summed E-state index contributed by atoms with van der Waals surface area (Å²) in [6.07, 6.45) is 7.66. The number of benzene rings is 2. The van der Waals surface area contributed by atoms with Gasteiger partial charge in [0.15, 0.2) is 0 Å². The normalized spacial score (nSPS) is 15.2. The monoisotopic (exact) mass is 433 g/mol. The number of nitrogens with zero attached hydrogens (tertiary/aromatic N) is 3. The number of H-pyrrole nitrogens is 1. The van der Waals surface area contributed by atoms with Gasteiger partial charge < -0.3 is 10.2 Å². The number of anilines is 2. The second kappa shape index (κ2) is 10.3. The van der Waals surface area contributed by atoms with Crippen LogP contribution in [-0.4, -0.2) is 39.4 Å². The van der Waals surface area contributed by atoms with Crippen molar-refractivity contribution in [2.45, 2.75) is 36.6 Å². The van der Waals surface area contributed by atoms with E-state index < -0.39 is 0 Å². The van der Waals surface area contributed by atoms with Gasteiger partial charge in [-0.2, -0.15) is 0 Å². The van der Waals surface area contributed by atoms with Gasteiger partial charge in [-0.25, -0.2) is 4.98 Å². The Balaban J connectivity index is 1.29. The first kappa shape index (κ1) is 21.2. The van der Waals surface area contributed by atoms with Crippen LogP contribution in [0.4, 0.5) is 11.4 Å². The summed E-state index contributed by atoms with van der Waals surface area (Å²) in [5.41, 5.74) is 3.11. The van der Waals surface area contributed by atoms with Crippen LogP contribution in [0.15, 0.2) is 59.8 Å². The molecule has 1 unspecified atom stereocenters. The lowest BCUT2D eigenvalue weighted by molar-refractivity contribution is -0.115. The molecule has 2 N–H and O–H groups in total. The van der Waals surface area contributed by atoms with Crippen LogP contribution in [0.1, 0.15) is 37.6 Å². The van der Waals surface area contributed by atoms with Crippen LogP contribution in [0.2, 0.25) is 0 Å². The van der Waals surface area contributed by atoms with E-state index in [-0.39, 0.29) is 11.2 Å². The van der Waals surface area contributed by atoms with Gasteiger partial charge in [0.05, 0.1) is 5.25 Å². The summed E-state index contributed by atoms with van der Waals surface area (Å²) in [6.45, 7) is 4.08. The van der Waals surface area contributed by atoms with Crippen LogP contribution < -0.4 is 10.2 Å². The third-order valence-electron chi connectivity index (χ3n) is 5.22. The summed E-state index contributed by atoms with van der Waals surface area (Å²) < 4.78 is 0.